The molecule has 0 aromatic carbocycles. The molecular formula is C4H4O2. The van der Waals surface area contributed by atoms with E-state index in [1.807, 2.05) is 0 Å². The molecule has 0 amide bonds. The van der Waals surface area contributed by atoms with Crippen molar-refractivity contribution in [2.24, 2.45) is 0 Å². The summed E-state index contributed by atoms with van der Waals surface area (Å²) in [4.78, 5) is 9.87. The van der Waals surface area contributed by atoms with Gasteiger partial charge in [0.15, 0.2) is 5.78 Å². The summed E-state index contributed by atoms with van der Waals surface area (Å²) in [5, 5.41) is 8.25. The first kappa shape index (κ1) is 3.56. The zero-order chi connectivity index (χ0) is 4.73. The Hall–Kier alpha value is -0.630. The highest BCUT2D eigenvalue weighted by Crippen LogP contribution is 2.19. The Morgan fingerprint density at radius 3 is 2.00 bits per heavy atom. The minimum Gasteiger partial charge on any atom is -0.380 e. The molecule has 0 unspecified atom stereocenters. The normalized spacial score (nSPS) is 31.2. The summed E-state index contributed by atoms with van der Waals surface area (Å²) < 4.78 is 0. The summed E-state index contributed by atoms with van der Waals surface area (Å²) in [6.07, 6.45) is -0.815. The number of aliphatic hydroxyl groups is 1. The Balaban J connectivity index is 2.75. The number of hydrogen-bond acceptors (Lipinski definition) is 2. The number of rotatable bonds is 0. The summed E-state index contributed by atoms with van der Waals surface area (Å²) in [6, 6.07) is 0. The van der Waals surface area contributed by atoms with Crippen molar-refractivity contribution in [3.8, 4) is 0 Å². The highest BCUT2D eigenvalue weighted by atomic mass is 16.3. The molecule has 0 aliphatic heterocycles. The number of ketones is 1. The Morgan fingerprint density at radius 1 is 1.83 bits per heavy atom. The van der Waals surface area contributed by atoms with Crippen molar-refractivity contribution in [3.05, 3.63) is 12.2 Å². The van der Waals surface area contributed by atoms with Crippen molar-refractivity contribution in [1.82, 2.24) is 0 Å². The smallest absolute Gasteiger partial charge is 0.194 e. The van der Waals surface area contributed by atoms with Gasteiger partial charge in [0.1, 0.15) is 6.10 Å². The fourth-order valence-electron chi connectivity index (χ4n) is 0.231. The van der Waals surface area contributed by atoms with Crippen LogP contribution in [0.2, 0.25) is 0 Å². The monoisotopic (exact) mass is 84.0 g/mol. The molecule has 1 fully saturated rings. The highest BCUT2D eigenvalue weighted by Gasteiger charge is 2.38. The fraction of sp³-hybridized carbons (Fsp3) is 0.250. The van der Waals surface area contributed by atoms with E-state index in [0.717, 1.165) is 0 Å². The molecule has 32 valence electrons. The van der Waals surface area contributed by atoms with Crippen LogP contribution in [0.4, 0.5) is 0 Å². The van der Waals surface area contributed by atoms with Crippen molar-refractivity contribution >= 4 is 5.78 Å². The van der Waals surface area contributed by atoms with Crippen molar-refractivity contribution < 1.29 is 9.90 Å². The van der Waals surface area contributed by atoms with Crippen LogP contribution in [0.25, 0.3) is 0 Å². The molecule has 1 aliphatic rings. The maximum absolute atomic E-state index is 9.87. The second kappa shape index (κ2) is 0.708. The fourth-order valence-corrected chi connectivity index (χ4v) is 0.231. The van der Waals surface area contributed by atoms with Crippen LogP contribution < -0.4 is 0 Å². The molecule has 1 atom stereocenters. The summed E-state index contributed by atoms with van der Waals surface area (Å²) in [5.41, 5.74) is 0.343. The van der Waals surface area contributed by atoms with Gasteiger partial charge < -0.3 is 5.11 Å². The zero-order valence-electron chi connectivity index (χ0n) is 3.14. The molecule has 0 bridgehead atoms. The molecule has 1 saturated carbocycles. The van der Waals surface area contributed by atoms with E-state index in [2.05, 4.69) is 6.58 Å². The van der Waals surface area contributed by atoms with E-state index in [9.17, 15) is 4.79 Å². The Morgan fingerprint density at radius 2 is 2.00 bits per heavy atom. The van der Waals surface area contributed by atoms with Crippen molar-refractivity contribution in [2.45, 2.75) is 6.10 Å². The van der Waals surface area contributed by atoms with Crippen LogP contribution >= 0.6 is 0 Å². The van der Waals surface area contributed by atoms with E-state index in [1.54, 1.807) is 0 Å². The molecule has 6 heavy (non-hydrogen) atoms. The second-order valence-corrected chi connectivity index (χ2v) is 1.29. The van der Waals surface area contributed by atoms with Gasteiger partial charge in [0.25, 0.3) is 0 Å². The van der Waals surface area contributed by atoms with Crippen LogP contribution in [-0.4, -0.2) is 17.0 Å². The van der Waals surface area contributed by atoms with Gasteiger partial charge in [-0.1, -0.05) is 6.58 Å². The largest absolute Gasteiger partial charge is 0.380 e. The van der Waals surface area contributed by atoms with E-state index in [0.29, 0.717) is 5.57 Å². The van der Waals surface area contributed by atoms with E-state index >= 15 is 0 Å². The molecule has 1 N–H and O–H groups in total. The quantitative estimate of drug-likeness (QED) is 0.401. The molecule has 0 heterocycles. The molecule has 0 aromatic rings. The SMILES string of the molecule is C=C1C(=O)[C@H]1O. The Bertz CT molecular complexity index is 101. The zero-order valence-corrected chi connectivity index (χ0v) is 3.14. The number of carbonyl (C=O) groups is 1. The molecule has 0 saturated heterocycles. The summed E-state index contributed by atoms with van der Waals surface area (Å²) in [7, 11) is 0. The van der Waals surface area contributed by atoms with Gasteiger partial charge in [-0.2, -0.15) is 0 Å². The number of aliphatic hydroxyl groups excluding tert-OH is 1. The summed E-state index contributed by atoms with van der Waals surface area (Å²) >= 11 is 0. The molecule has 1 aliphatic carbocycles. The summed E-state index contributed by atoms with van der Waals surface area (Å²) in [6.45, 7) is 3.23. The highest BCUT2D eigenvalue weighted by molar-refractivity contribution is 6.18. The van der Waals surface area contributed by atoms with Gasteiger partial charge in [-0.15, -0.1) is 0 Å². The molecule has 0 aromatic heterocycles. The third kappa shape index (κ3) is 0.216. The van der Waals surface area contributed by atoms with E-state index in [1.165, 1.54) is 0 Å². The second-order valence-electron chi connectivity index (χ2n) is 1.29. The third-order valence-corrected chi connectivity index (χ3v) is 0.812. The predicted molar refractivity (Wildman–Crippen MR) is 20.2 cm³/mol. The Kier molecular flexibility index (Phi) is 0.420. The van der Waals surface area contributed by atoms with Gasteiger partial charge in [0.2, 0.25) is 0 Å². The molecule has 1 rings (SSSR count). The van der Waals surface area contributed by atoms with Gasteiger partial charge in [-0.25, -0.2) is 0 Å². The first-order chi connectivity index (χ1) is 2.73. The standard InChI is InChI=1S/C4H4O2/c1-2-3(5)4(2)6/h3,5H,1H2/t3-/m0/s1. The van der Waals surface area contributed by atoms with Crippen LogP contribution in [0, 0.1) is 0 Å². The molecule has 0 spiro atoms. The summed E-state index contributed by atoms with van der Waals surface area (Å²) in [5.74, 6) is -0.213. The maximum Gasteiger partial charge on any atom is 0.194 e. The van der Waals surface area contributed by atoms with Crippen LogP contribution in [0.1, 0.15) is 0 Å². The molecule has 2 nitrogen and oxygen atoms in total. The van der Waals surface area contributed by atoms with Crippen molar-refractivity contribution in [2.75, 3.05) is 0 Å². The van der Waals surface area contributed by atoms with Gasteiger partial charge in [-0.3, -0.25) is 4.79 Å². The lowest BCUT2D eigenvalue weighted by Gasteiger charge is -1.57. The van der Waals surface area contributed by atoms with Crippen LogP contribution in [0.15, 0.2) is 12.2 Å². The number of carbonyl (C=O) groups excluding carboxylic acids is 1. The molecule has 0 radical (unpaired) electrons. The third-order valence-electron chi connectivity index (χ3n) is 0.812. The average Bonchev–Trinajstić information content (AvgIpc) is 1.94. The lowest BCUT2D eigenvalue weighted by Crippen LogP contribution is -1.76. The minimum absolute atomic E-state index is 0.213. The minimum atomic E-state index is -0.815. The molecular weight excluding hydrogens is 80.0 g/mol. The van der Waals surface area contributed by atoms with Crippen molar-refractivity contribution in [3.63, 3.8) is 0 Å². The van der Waals surface area contributed by atoms with Gasteiger partial charge in [-0.05, 0) is 0 Å². The number of Topliss-reactive ketones (excluding diaryl/α,β-unsaturated/α-hetero) is 1. The van der Waals surface area contributed by atoms with Gasteiger partial charge in [0, 0.05) is 5.57 Å². The lowest BCUT2D eigenvalue weighted by atomic mass is 10.7. The van der Waals surface area contributed by atoms with E-state index < -0.39 is 6.10 Å². The maximum atomic E-state index is 9.87. The predicted octanol–water partition coefficient (Wildman–Crippen LogP) is -0.514. The molecule has 2 heteroatoms. The van der Waals surface area contributed by atoms with Crippen molar-refractivity contribution in [1.29, 1.82) is 0 Å². The van der Waals surface area contributed by atoms with Gasteiger partial charge in [0.05, 0.1) is 0 Å². The van der Waals surface area contributed by atoms with Crippen LogP contribution in [-0.2, 0) is 4.79 Å². The number of hydrogen-bond donors (Lipinski definition) is 1. The first-order valence-electron chi connectivity index (χ1n) is 1.64. The lowest BCUT2D eigenvalue weighted by molar-refractivity contribution is -0.111. The average molecular weight is 84.1 g/mol. The topological polar surface area (TPSA) is 37.3 Å². The van der Waals surface area contributed by atoms with E-state index in [4.69, 9.17) is 5.11 Å². The van der Waals surface area contributed by atoms with Crippen LogP contribution in [0.3, 0.4) is 0 Å². The van der Waals surface area contributed by atoms with E-state index in [-0.39, 0.29) is 5.78 Å². The van der Waals surface area contributed by atoms with Gasteiger partial charge >= 0.3 is 0 Å². The Labute approximate surface area is 35.1 Å². The van der Waals surface area contributed by atoms with Crippen LogP contribution in [0.5, 0.6) is 0 Å². The first-order valence-corrected chi connectivity index (χ1v) is 1.64.